The van der Waals surface area contributed by atoms with E-state index in [1.165, 1.54) is 0 Å². The molecule has 0 radical (unpaired) electrons. The summed E-state index contributed by atoms with van der Waals surface area (Å²) in [6.07, 6.45) is 1.36. The fraction of sp³-hybridized carbons (Fsp3) is 0.333. The van der Waals surface area contributed by atoms with E-state index in [1.807, 2.05) is 48.9 Å². The summed E-state index contributed by atoms with van der Waals surface area (Å²) in [4.78, 5) is 19.3. The minimum Gasteiger partial charge on any atom is -0.366 e. The fourth-order valence-electron chi connectivity index (χ4n) is 3.19. The molecule has 0 bridgehead atoms. The number of carbonyl (C=O) groups is 1. The molecule has 0 aliphatic carbocycles. The van der Waals surface area contributed by atoms with Crippen molar-refractivity contribution < 1.29 is 9.53 Å². The van der Waals surface area contributed by atoms with Gasteiger partial charge in [0.05, 0.1) is 18.7 Å². The standard InChI is InChI=1S/C18H19N5O2/c1-12-9-15(20-14-6-4-3-5-13(12)14)18(24)23-7-8-25-16(10-23)17-21-19-11-22(17)2/h3-6,9,11,16H,7-8,10H2,1-2H3/t16-/m1/s1. The second-order valence-electron chi connectivity index (χ2n) is 6.25. The Morgan fingerprint density at radius 1 is 1.32 bits per heavy atom. The van der Waals surface area contributed by atoms with Crippen LogP contribution in [0.4, 0.5) is 0 Å². The number of nitrogens with zero attached hydrogens (tertiary/aromatic N) is 5. The lowest BCUT2D eigenvalue weighted by atomic mass is 10.1. The van der Waals surface area contributed by atoms with Crippen molar-refractivity contribution in [2.45, 2.75) is 13.0 Å². The van der Waals surface area contributed by atoms with E-state index in [1.54, 1.807) is 11.2 Å². The number of amides is 1. The summed E-state index contributed by atoms with van der Waals surface area (Å²) < 4.78 is 7.59. The molecule has 1 aromatic carbocycles. The Balaban J connectivity index is 1.61. The summed E-state index contributed by atoms with van der Waals surface area (Å²) in [7, 11) is 1.87. The van der Waals surface area contributed by atoms with Crippen LogP contribution in [-0.4, -0.2) is 50.3 Å². The average molecular weight is 337 g/mol. The summed E-state index contributed by atoms with van der Waals surface area (Å²) in [5, 5.41) is 9.05. The minimum atomic E-state index is -0.272. The van der Waals surface area contributed by atoms with E-state index in [4.69, 9.17) is 4.74 Å². The van der Waals surface area contributed by atoms with E-state index in [9.17, 15) is 4.79 Å². The first kappa shape index (κ1) is 15.7. The molecule has 1 saturated heterocycles. The highest BCUT2D eigenvalue weighted by molar-refractivity contribution is 5.96. The molecule has 7 heteroatoms. The van der Waals surface area contributed by atoms with Crippen LogP contribution in [0.3, 0.4) is 0 Å². The number of ether oxygens (including phenoxy) is 1. The highest BCUT2D eigenvalue weighted by Crippen LogP contribution is 2.23. The van der Waals surface area contributed by atoms with Crippen LogP contribution in [0, 0.1) is 6.92 Å². The maximum atomic E-state index is 13.0. The van der Waals surface area contributed by atoms with Crippen molar-refractivity contribution in [3.8, 4) is 0 Å². The zero-order valence-electron chi connectivity index (χ0n) is 14.2. The molecular formula is C18H19N5O2. The van der Waals surface area contributed by atoms with E-state index in [0.717, 1.165) is 22.3 Å². The van der Waals surface area contributed by atoms with Gasteiger partial charge in [-0.2, -0.15) is 0 Å². The quantitative estimate of drug-likeness (QED) is 0.714. The molecule has 3 heterocycles. The van der Waals surface area contributed by atoms with Crippen LogP contribution in [0.2, 0.25) is 0 Å². The van der Waals surface area contributed by atoms with Gasteiger partial charge in [-0.05, 0) is 24.6 Å². The van der Waals surface area contributed by atoms with Crippen LogP contribution in [0.15, 0.2) is 36.7 Å². The number of rotatable bonds is 2. The fourth-order valence-corrected chi connectivity index (χ4v) is 3.19. The van der Waals surface area contributed by atoms with E-state index in [-0.39, 0.29) is 12.0 Å². The van der Waals surface area contributed by atoms with Gasteiger partial charge in [0.2, 0.25) is 0 Å². The van der Waals surface area contributed by atoms with E-state index >= 15 is 0 Å². The Labute approximate surface area is 145 Å². The van der Waals surface area contributed by atoms with Crippen molar-refractivity contribution in [3.05, 3.63) is 53.7 Å². The summed E-state index contributed by atoms with van der Waals surface area (Å²) >= 11 is 0. The molecular weight excluding hydrogens is 318 g/mol. The summed E-state index contributed by atoms with van der Waals surface area (Å²) in [6, 6.07) is 9.72. The Morgan fingerprint density at radius 2 is 2.16 bits per heavy atom. The first-order valence-corrected chi connectivity index (χ1v) is 8.24. The molecule has 1 aliphatic rings. The SMILES string of the molecule is Cc1cc(C(=O)N2CCO[C@@H](c3nncn3C)C2)nc2ccccc12. The van der Waals surface area contributed by atoms with Gasteiger partial charge in [0.15, 0.2) is 5.82 Å². The number of para-hydroxylation sites is 1. The number of pyridine rings is 1. The first-order valence-electron chi connectivity index (χ1n) is 8.24. The van der Waals surface area contributed by atoms with Crippen LogP contribution < -0.4 is 0 Å². The number of aromatic nitrogens is 4. The molecule has 7 nitrogen and oxygen atoms in total. The Bertz CT molecular complexity index is 936. The Kier molecular flexibility index (Phi) is 3.93. The number of morpholine rings is 1. The Hall–Kier alpha value is -2.80. The molecule has 1 fully saturated rings. The highest BCUT2D eigenvalue weighted by atomic mass is 16.5. The monoisotopic (exact) mass is 337 g/mol. The van der Waals surface area contributed by atoms with Crippen molar-refractivity contribution in [3.63, 3.8) is 0 Å². The van der Waals surface area contributed by atoms with Gasteiger partial charge in [0.25, 0.3) is 5.91 Å². The predicted octanol–water partition coefficient (Wildman–Crippen LogP) is 1.89. The predicted molar refractivity (Wildman–Crippen MR) is 92.1 cm³/mol. The molecule has 128 valence electrons. The molecule has 1 aliphatic heterocycles. The van der Waals surface area contributed by atoms with Gasteiger partial charge in [0.1, 0.15) is 18.1 Å². The van der Waals surface area contributed by atoms with Gasteiger partial charge in [-0.1, -0.05) is 18.2 Å². The molecule has 0 unspecified atom stereocenters. The summed E-state index contributed by atoms with van der Waals surface area (Å²) in [5.41, 5.74) is 2.35. The average Bonchev–Trinajstić information content (AvgIpc) is 3.07. The molecule has 0 N–H and O–H groups in total. The van der Waals surface area contributed by atoms with Crippen LogP contribution >= 0.6 is 0 Å². The third kappa shape index (κ3) is 2.87. The molecule has 1 amide bonds. The van der Waals surface area contributed by atoms with Gasteiger partial charge < -0.3 is 14.2 Å². The lowest BCUT2D eigenvalue weighted by Crippen LogP contribution is -2.43. The molecule has 4 rings (SSSR count). The molecule has 1 atom stereocenters. The third-order valence-corrected chi connectivity index (χ3v) is 4.53. The lowest BCUT2D eigenvalue weighted by molar-refractivity contribution is -0.0282. The van der Waals surface area contributed by atoms with Crippen molar-refractivity contribution in [1.29, 1.82) is 0 Å². The van der Waals surface area contributed by atoms with E-state index < -0.39 is 0 Å². The van der Waals surface area contributed by atoms with Gasteiger partial charge >= 0.3 is 0 Å². The van der Waals surface area contributed by atoms with Gasteiger partial charge in [0, 0.05) is 19.0 Å². The number of fused-ring (bicyclic) bond motifs is 1. The minimum absolute atomic E-state index is 0.0793. The van der Waals surface area contributed by atoms with Gasteiger partial charge in [-0.25, -0.2) is 4.98 Å². The molecule has 0 saturated carbocycles. The number of hydrogen-bond donors (Lipinski definition) is 0. The maximum absolute atomic E-state index is 13.0. The smallest absolute Gasteiger partial charge is 0.272 e. The molecule has 3 aromatic rings. The van der Waals surface area contributed by atoms with Crippen LogP contribution in [0.5, 0.6) is 0 Å². The lowest BCUT2D eigenvalue weighted by Gasteiger charge is -2.32. The number of benzene rings is 1. The number of hydrogen-bond acceptors (Lipinski definition) is 5. The zero-order chi connectivity index (χ0) is 17.4. The topological polar surface area (TPSA) is 73.1 Å². The van der Waals surface area contributed by atoms with E-state index in [0.29, 0.717) is 25.4 Å². The van der Waals surface area contributed by atoms with Crippen LogP contribution in [0.1, 0.15) is 28.0 Å². The van der Waals surface area contributed by atoms with Crippen LogP contribution in [-0.2, 0) is 11.8 Å². The second-order valence-corrected chi connectivity index (χ2v) is 6.25. The zero-order valence-corrected chi connectivity index (χ0v) is 14.2. The number of carbonyl (C=O) groups excluding carboxylic acids is 1. The largest absolute Gasteiger partial charge is 0.366 e. The maximum Gasteiger partial charge on any atom is 0.272 e. The first-order chi connectivity index (χ1) is 12.1. The molecule has 2 aromatic heterocycles. The highest BCUT2D eigenvalue weighted by Gasteiger charge is 2.29. The molecule has 0 spiro atoms. The molecule has 25 heavy (non-hydrogen) atoms. The Morgan fingerprint density at radius 3 is 2.96 bits per heavy atom. The van der Waals surface area contributed by atoms with E-state index in [2.05, 4.69) is 15.2 Å². The van der Waals surface area contributed by atoms with Crippen molar-refractivity contribution >= 4 is 16.8 Å². The van der Waals surface area contributed by atoms with Crippen molar-refractivity contribution in [2.24, 2.45) is 7.05 Å². The third-order valence-electron chi connectivity index (χ3n) is 4.53. The number of aryl methyl sites for hydroxylation is 2. The van der Waals surface area contributed by atoms with Crippen molar-refractivity contribution in [1.82, 2.24) is 24.6 Å². The summed E-state index contributed by atoms with van der Waals surface area (Å²) in [6.45, 7) is 3.46. The second kappa shape index (κ2) is 6.25. The van der Waals surface area contributed by atoms with Crippen LogP contribution in [0.25, 0.3) is 10.9 Å². The summed E-state index contributed by atoms with van der Waals surface area (Å²) in [5.74, 6) is 0.643. The normalized spacial score (nSPS) is 17.8. The van der Waals surface area contributed by atoms with Gasteiger partial charge in [-0.15, -0.1) is 10.2 Å². The van der Waals surface area contributed by atoms with Gasteiger partial charge in [-0.3, -0.25) is 4.79 Å². The van der Waals surface area contributed by atoms with Crippen molar-refractivity contribution in [2.75, 3.05) is 19.7 Å².